The highest BCUT2D eigenvalue weighted by atomic mass is 19.4. The normalized spacial score (nSPS) is 18.1. The van der Waals surface area contributed by atoms with Crippen LogP contribution in [0.1, 0.15) is 50.3 Å². The summed E-state index contributed by atoms with van der Waals surface area (Å²) in [4.78, 5) is 45.2. The van der Waals surface area contributed by atoms with Crippen LogP contribution >= 0.6 is 0 Å². The first kappa shape index (κ1) is 30.9. The van der Waals surface area contributed by atoms with Crippen LogP contribution in [0.2, 0.25) is 0 Å². The Labute approximate surface area is 235 Å². The molecule has 0 saturated carbocycles. The van der Waals surface area contributed by atoms with E-state index in [9.17, 15) is 32.8 Å². The number of benzene rings is 2. The summed E-state index contributed by atoms with van der Waals surface area (Å²) in [5.74, 6) is -4.49. The summed E-state index contributed by atoms with van der Waals surface area (Å²) in [5, 5.41) is 11.8. The van der Waals surface area contributed by atoms with Crippen molar-refractivity contribution in [3.8, 4) is 6.07 Å². The van der Waals surface area contributed by atoms with Gasteiger partial charge in [-0.1, -0.05) is 18.2 Å². The molecule has 1 heterocycles. The Bertz CT molecular complexity index is 1410. The average molecular weight is 571 g/mol. The number of anilines is 1. The van der Waals surface area contributed by atoms with Gasteiger partial charge in [0.1, 0.15) is 11.8 Å². The number of ether oxygens (including phenoxy) is 2. The number of urea groups is 1. The number of rotatable bonds is 7. The van der Waals surface area contributed by atoms with Crippen LogP contribution in [0.5, 0.6) is 0 Å². The highest BCUT2D eigenvalue weighted by molar-refractivity contribution is 6.18. The van der Waals surface area contributed by atoms with Gasteiger partial charge in [-0.15, -0.1) is 0 Å². The highest BCUT2D eigenvalue weighted by Crippen LogP contribution is 2.44. The Morgan fingerprint density at radius 3 is 2.27 bits per heavy atom. The molecular formula is C29H29F3N4O5. The Morgan fingerprint density at radius 2 is 1.71 bits per heavy atom. The molecule has 0 saturated heterocycles. The van der Waals surface area contributed by atoms with Crippen LogP contribution in [0, 0.1) is 17.2 Å². The van der Waals surface area contributed by atoms with E-state index in [1.165, 1.54) is 36.1 Å². The molecule has 216 valence electrons. The van der Waals surface area contributed by atoms with Gasteiger partial charge < -0.3 is 19.7 Å². The molecule has 0 aliphatic carbocycles. The average Bonchev–Trinajstić information content (AvgIpc) is 2.92. The number of aliphatic imine (C=N–C) groups is 1. The van der Waals surface area contributed by atoms with Crippen molar-refractivity contribution in [2.45, 2.75) is 39.8 Å². The fourth-order valence-corrected chi connectivity index (χ4v) is 4.61. The lowest BCUT2D eigenvalue weighted by Crippen LogP contribution is -2.49. The maximum absolute atomic E-state index is 13.7. The lowest BCUT2D eigenvalue weighted by molar-refractivity contribution is -0.146. The maximum atomic E-state index is 13.7. The van der Waals surface area contributed by atoms with E-state index in [0.717, 1.165) is 12.1 Å². The van der Waals surface area contributed by atoms with Crippen LogP contribution in [-0.2, 0) is 25.2 Å². The fourth-order valence-electron chi connectivity index (χ4n) is 4.61. The molecule has 1 aliphatic heterocycles. The van der Waals surface area contributed by atoms with E-state index in [1.807, 2.05) is 6.07 Å². The summed E-state index contributed by atoms with van der Waals surface area (Å²) in [6, 6.07) is 11.5. The molecule has 2 amide bonds. The van der Waals surface area contributed by atoms with Gasteiger partial charge in [0.05, 0.1) is 36.0 Å². The van der Waals surface area contributed by atoms with E-state index in [-0.39, 0.29) is 42.6 Å². The van der Waals surface area contributed by atoms with Gasteiger partial charge in [0.25, 0.3) is 0 Å². The van der Waals surface area contributed by atoms with Crippen molar-refractivity contribution in [1.29, 1.82) is 5.26 Å². The number of carbonyl (C=O) groups is 3. The second kappa shape index (κ2) is 13.1. The van der Waals surface area contributed by atoms with E-state index in [1.54, 1.807) is 32.9 Å². The van der Waals surface area contributed by atoms with Gasteiger partial charge in [-0.05, 0) is 63.6 Å². The number of nitrogens with zero attached hydrogens (tertiary/aromatic N) is 3. The number of nitriles is 1. The van der Waals surface area contributed by atoms with Crippen molar-refractivity contribution in [2.24, 2.45) is 10.9 Å². The topological polar surface area (TPSA) is 121 Å². The number of esters is 2. The number of halogens is 3. The minimum absolute atomic E-state index is 0.0246. The monoisotopic (exact) mass is 570 g/mol. The number of carbonyl (C=O) groups excluding carboxylic acids is 3. The van der Waals surface area contributed by atoms with E-state index in [4.69, 9.17) is 9.47 Å². The van der Waals surface area contributed by atoms with Gasteiger partial charge >= 0.3 is 24.1 Å². The van der Waals surface area contributed by atoms with Crippen LogP contribution in [0.25, 0.3) is 0 Å². The van der Waals surface area contributed by atoms with Crippen LogP contribution in [-0.4, -0.2) is 43.6 Å². The zero-order valence-electron chi connectivity index (χ0n) is 22.9. The first-order valence-electron chi connectivity index (χ1n) is 12.9. The molecule has 41 heavy (non-hydrogen) atoms. The minimum Gasteiger partial charge on any atom is -0.465 e. The summed E-state index contributed by atoms with van der Waals surface area (Å²) in [6.45, 7) is 6.37. The molecule has 0 radical (unpaired) electrons. The van der Waals surface area contributed by atoms with Crippen molar-refractivity contribution < 1.29 is 37.0 Å². The molecule has 3 rings (SSSR count). The molecule has 2 unspecified atom stereocenters. The minimum atomic E-state index is -4.70. The number of amidine groups is 1. The third kappa shape index (κ3) is 6.74. The fraction of sp³-hybridized carbons (Fsp3) is 0.345. The number of nitrogens with one attached hydrogen (secondary N) is 1. The van der Waals surface area contributed by atoms with Crippen LogP contribution in [0.3, 0.4) is 0 Å². The van der Waals surface area contributed by atoms with E-state index in [2.05, 4.69) is 10.3 Å². The lowest BCUT2D eigenvalue weighted by atomic mass is 9.75. The van der Waals surface area contributed by atoms with Crippen molar-refractivity contribution in [2.75, 3.05) is 24.7 Å². The second-order valence-electron chi connectivity index (χ2n) is 8.85. The predicted octanol–water partition coefficient (Wildman–Crippen LogP) is 5.33. The highest BCUT2D eigenvalue weighted by Gasteiger charge is 2.48. The smallest absolute Gasteiger partial charge is 0.416 e. The van der Waals surface area contributed by atoms with Gasteiger partial charge in [-0.3, -0.25) is 4.79 Å². The molecule has 2 atom stereocenters. The van der Waals surface area contributed by atoms with E-state index >= 15 is 0 Å². The third-order valence-electron chi connectivity index (χ3n) is 6.29. The molecule has 9 nitrogen and oxygen atoms in total. The number of amides is 2. The Morgan fingerprint density at radius 1 is 1.05 bits per heavy atom. The molecule has 2 aromatic rings. The van der Waals surface area contributed by atoms with Crippen molar-refractivity contribution in [3.05, 3.63) is 76.5 Å². The van der Waals surface area contributed by atoms with Crippen molar-refractivity contribution in [3.63, 3.8) is 0 Å². The predicted molar refractivity (Wildman–Crippen MR) is 144 cm³/mol. The molecule has 0 spiro atoms. The Kier molecular flexibility index (Phi) is 9.89. The maximum Gasteiger partial charge on any atom is 0.416 e. The van der Waals surface area contributed by atoms with Crippen LogP contribution in [0.4, 0.5) is 23.7 Å². The first-order valence-corrected chi connectivity index (χ1v) is 12.9. The second-order valence-corrected chi connectivity index (χ2v) is 8.85. The largest absolute Gasteiger partial charge is 0.465 e. The van der Waals surface area contributed by atoms with Gasteiger partial charge in [-0.25, -0.2) is 9.59 Å². The van der Waals surface area contributed by atoms with E-state index in [0.29, 0.717) is 11.1 Å². The number of hydrogen-bond donors (Lipinski definition) is 1. The van der Waals surface area contributed by atoms with Crippen LogP contribution < -0.4 is 10.2 Å². The lowest BCUT2D eigenvalue weighted by Gasteiger charge is -2.41. The Hall–Kier alpha value is -4.66. The van der Waals surface area contributed by atoms with Gasteiger partial charge in [0.2, 0.25) is 0 Å². The summed E-state index contributed by atoms with van der Waals surface area (Å²) in [7, 11) is 0. The SMILES string of the molecule is CCNC(=O)N=C1C(C(=O)OCC)C(c2ccc(C#N)cc2)C(C(=O)OCC)=C(C)N1c1cccc(C(F)(F)F)c1. The molecule has 0 fully saturated rings. The first-order chi connectivity index (χ1) is 19.5. The van der Waals surface area contributed by atoms with Gasteiger partial charge in [-0.2, -0.15) is 23.4 Å². The molecule has 1 aliphatic rings. The van der Waals surface area contributed by atoms with E-state index < -0.39 is 41.5 Å². The van der Waals surface area contributed by atoms with Crippen LogP contribution in [0.15, 0.2) is 64.8 Å². The number of allylic oxidation sites excluding steroid dienone is 1. The quantitative estimate of drug-likeness (QED) is 0.447. The van der Waals surface area contributed by atoms with Gasteiger partial charge in [0.15, 0.2) is 0 Å². The third-order valence-corrected chi connectivity index (χ3v) is 6.29. The number of hydrogen-bond acceptors (Lipinski definition) is 6. The summed E-state index contributed by atoms with van der Waals surface area (Å²) < 4.78 is 51.8. The summed E-state index contributed by atoms with van der Waals surface area (Å²) >= 11 is 0. The van der Waals surface area contributed by atoms with Crippen molar-refractivity contribution >= 4 is 29.5 Å². The molecule has 12 heteroatoms. The summed E-state index contributed by atoms with van der Waals surface area (Å²) in [6.07, 6.45) is -4.70. The van der Waals surface area contributed by atoms with Gasteiger partial charge in [0, 0.05) is 23.8 Å². The molecular weight excluding hydrogens is 541 g/mol. The zero-order chi connectivity index (χ0) is 30.3. The molecule has 0 bridgehead atoms. The summed E-state index contributed by atoms with van der Waals surface area (Å²) in [5.41, 5.74) is -0.300. The standard InChI is InChI=1S/C29H29F3N4O5/c1-5-34-28(39)35-25-24(27(38)41-7-3)23(19-13-11-18(16-33)12-14-19)22(26(37)40-6-2)17(4)36(25)21-10-8-9-20(15-21)29(30,31)32/h8-15,23-24H,5-7H2,1-4H3,(H,34,39). The van der Waals surface area contributed by atoms with Crippen molar-refractivity contribution in [1.82, 2.24) is 5.32 Å². The molecule has 0 aromatic heterocycles. The zero-order valence-corrected chi connectivity index (χ0v) is 22.9. The Balaban J connectivity index is 2.46. The number of alkyl halides is 3. The molecule has 2 aromatic carbocycles. The molecule has 1 N–H and O–H groups in total.